The molecule has 1 aliphatic carbocycles. The molecule has 3 aromatic rings. The summed E-state index contributed by atoms with van der Waals surface area (Å²) in [5, 5.41) is 6.85. The van der Waals surface area contributed by atoms with Gasteiger partial charge in [-0.1, -0.05) is 25.7 Å². The van der Waals surface area contributed by atoms with Gasteiger partial charge in [-0.2, -0.15) is 9.97 Å². The first-order valence-electron chi connectivity index (χ1n) is 9.48. The molecule has 1 fully saturated rings. The van der Waals surface area contributed by atoms with Crippen LogP contribution in [0.4, 0.5) is 17.5 Å². The number of methoxy groups -OCH3 is 1. The lowest BCUT2D eigenvalue weighted by Crippen LogP contribution is -2.20. The molecule has 1 aromatic carbocycles. The third-order valence-electron chi connectivity index (χ3n) is 4.87. The van der Waals surface area contributed by atoms with Crippen LogP contribution in [0.25, 0.3) is 11.2 Å². The fourth-order valence-corrected chi connectivity index (χ4v) is 3.43. The van der Waals surface area contributed by atoms with Crippen molar-refractivity contribution in [2.75, 3.05) is 17.7 Å². The molecule has 0 spiro atoms. The van der Waals surface area contributed by atoms with Crippen LogP contribution >= 0.6 is 0 Å². The number of hydrogen-bond donors (Lipinski definition) is 2. The molecular weight excluding hydrogens is 340 g/mol. The van der Waals surface area contributed by atoms with Gasteiger partial charge in [0.1, 0.15) is 5.75 Å². The molecule has 0 amide bonds. The predicted octanol–water partition coefficient (Wildman–Crippen LogP) is 4.31. The van der Waals surface area contributed by atoms with E-state index in [9.17, 15) is 0 Å². The molecule has 27 heavy (non-hydrogen) atoms. The highest BCUT2D eigenvalue weighted by molar-refractivity contribution is 5.85. The molecule has 1 aliphatic rings. The van der Waals surface area contributed by atoms with Gasteiger partial charge in [0.25, 0.3) is 0 Å². The van der Waals surface area contributed by atoms with Crippen molar-refractivity contribution in [2.24, 2.45) is 0 Å². The van der Waals surface area contributed by atoms with Gasteiger partial charge in [-0.3, -0.25) is 0 Å². The van der Waals surface area contributed by atoms with Crippen LogP contribution in [-0.4, -0.2) is 33.1 Å². The number of nitrogens with one attached hydrogen (secondary N) is 2. The number of anilines is 3. The van der Waals surface area contributed by atoms with Crippen molar-refractivity contribution in [3.05, 3.63) is 36.7 Å². The molecule has 0 atom stereocenters. The Morgan fingerprint density at radius 3 is 2.41 bits per heavy atom. The number of fused-ring (bicyclic) bond motifs is 1. The normalized spacial score (nSPS) is 15.3. The Bertz CT molecular complexity index is 891. The van der Waals surface area contributed by atoms with E-state index in [1.54, 1.807) is 19.5 Å². The second-order valence-electron chi connectivity index (χ2n) is 6.81. The Balaban J connectivity index is 1.63. The lowest BCUT2D eigenvalue weighted by molar-refractivity contribution is 0.415. The Morgan fingerprint density at radius 2 is 1.67 bits per heavy atom. The highest BCUT2D eigenvalue weighted by Gasteiger charge is 2.16. The summed E-state index contributed by atoms with van der Waals surface area (Å²) in [4.78, 5) is 18.1. The Morgan fingerprint density at radius 1 is 0.926 bits per heavy atom. The maximum absolute atomic E-state index is 5.22. The summed E-state index contributed by atoms with van der Waals surface area (Å²) >= 11 is 0. The van der Waals surface area contributed by atoms with E-state index >= 15 is 0 Å². The summed E-state index contributed by atoms with van der Waals surface area (Å²) in [6, 6.07) is 8.11. The van der Waals surface area contributed by atoms with E-state index in [0.717, 1.165) is 24.3 Å². The number of rotatable bonds is 5. The fraction of sp³-hybridized carbons (Fsp3) is 0.400. The average molecular weight is 364 g/mol. The summed E-state index contributed by atoms with van der Waals surface area (Å²) in [5.41, 5.74) is 2.14. The minimum Gasteiger partial charge on any atom is -0.497 e. The molecule has 0 unspecified atom stereocenters. The zero-order valence-electron chi connectivity index (χ0n) is 15.5. The van der Waals surface area contributed by atoms with Crippen LogP contribution < -0.4 is 15.4 Å². The Hall–Kier alpha value is -2.96. The molecule has 7 nitrogen and oxygen atoms in total. The van der Waals surface area contributed by atoms with E-state index in [-0.39, 0.29) is 0 Å². The second-order valence-corrected chi connectivity index (χ2v) is 6.81. The molecule has 1 saturated carbocycles. The average Bonchev–Trinajstić information content (AvgIpc) is 2.97. The van der Waals surface area contributed by atoms with Gasteiger partial charge < -0.3 is 15.4 Å². The Labute approximate surface area is 158 Å². The van der Waals surface area contributed by atoms with Crippen molar-refractivity contribution < 1.29 is 4.74 Å². The fourth-order valence-electron chi connectivity index (χ4n) is 3.43. The summed E-state index contributed by atoms with van der Waals surface area (Å²) in [5.74, 6) is 2.06. The van der Waals surface area contributed by atoms with E-state index in [1.807, 2.05) is 24.3 Å². The minimum atomic E-state index is 0.412. The first-order chi connectivity index (χ1) is 13.3. The van der Waals surface area contributed by atoms with E-state index in [0.29, 0.717) is 29.0 Å². The SMILES string of the molecule is COc1ccc(Nc2nc(NC3CCCCCC3)nc3nccnc23)cc1. The maximum Gasteiger partial charge on any atom is 0.227 e. The van der Waals surface area contributed by atoms with Crippen LogP contribution in [0.5, 0.6) is 5.75 Å². The summed E-state index contributed by atoms with van der Waals surface area (Å²) in [6.07, 6.45) is 10.8. The molecule has 140 valence electrons. The molecular formula is C20H24N6O. The van der Waals surface area contributed by atoms with Crippen molar-refractivity contribution >= 4 is 28.6 Å². The van der Waals surface area contributed by atoms with Crippen LogP contribution in [0.15, 0.2) is 36.7 Å². The van der Waals surface area contributed by atoms with Crippen molar-refractivity contribution in [1.82, 2.24) is 19.9 Å². The van der Waals surface area contributed by atoms with Crippen LogP contribution in [0.1, 0.15) is 38.5 Å². The third-order valence-corrected chi connectivity index (χ3v) is 4.87. The molecule has 0 saturated heterocycles. The minimum absolute atomic E-state index is 0.412. The van der Waals surface area contributed by atoms with E-state index in [4.69, 9.17) is 9.72 Å². The molecule has 4 rings (SSSR count). The van der Waals surface area contributed by atoms with Gasteiger partial charge in [-0.15, -0.1) is 0 Å². The number of hydrogen-bond acceptors (Lipinski definition) is 7. The number of aromatic nitrogens is 4. The largest absolute Gasteiger partial charge is 0.497 e. The molecule has 0 bridgehead atoms. The number of ether oxygens (including phenoxy) is 1. The van der Waals surface area contributed by atoms with Crippen LogP contribution in [-0.2, 0) is 0 Å². The monoisotopic (exact) mass is 364 g/mol. The van der Waals surface area contributed by atoms with Crippen molar-refractivity contribution in [1.29, 1.82) is 0 Å². The highest BCUT2D eigenvalue weighted by Crippen LogP contribution is 2.25. The first-order valence-corrected chi connectivity index (χ1v) is 9.48. The summed E-state index contributed by atoms with van der Waals surface area (Å²) in [7, 11) is 1.65. The van der Waals surface area contributed by atoms with Crippen LogP contribution in [0, 0.1) is 0 Å². The molecule has 7 heteroatoms. The van der Waals surface area contributed by atoms with Gasteiger partial charge in [-0.25, -0.2) is 9.97 Å². The van der Waals surface area contributed by atoms with Crippen molar-refractivity contribution in [3.8, 4) is 5.75 Å². The van der Waals surface area contributed by atoms with Crippen molar-refractivity contribution in [2.45, 2.75) is 44.6 Å². The zero-order valence-corrected chi connectivity index (χ0v) is 15.5. The lowest BCUT2D eigenvalue weighted by Gasteiger charge is -2.17. The summed E-state index contributed by atoms with van der Waals surface area (Å²) < 4.78 is 5.22. The van der Waals surface area contributed by atoms with Crippen LogP contribution in [0.3, 0.4) is 0 Å². The highest BCUT2D eigenvalue weighted by atomic mass is 16.5. The smallest absolute Gasteiger partial charge is 0.227 e. The molecule has 2 heterocycles. The maximum atomic E-state index is 5.22. The number of benzene rings is 1. The standard InChI is InChI=1S/C20H24N6O/c1-27-16-10-8-15(9-11-16)23-19-17-18(22-13-12-21-17)25-20(26-19)24-14-6-4-2-3-5-7-14/h8-14H,2-7H2,1H3,(H2,22,23,24,25,26). The predicted molar refractivity (Wildman–Crippen MR) is 107 cm³/mol. The summed E-state index contributed by atoms with van der Waals surface area (Å²) in [6.45, 7) is 0. The van der Waals surface area contributed by atoms with E-state index in [1.165, 1.54) is 25.7 Å². The van der Waals surface area contributed by atoms with Gasteiger partial charge in [-0.05, 0) is 37.1 Å². The van der Waals surface area contributed by atoms with Gasteiger partial charge in [0.05, 0.1) is 7.11 Å². The van der Waals surface area contributed by atoms with Gasteiger partial charge in [0, 0.05) is 24.1 Å². The molecule has 2 N–H and O–H groups in total. The van der Waals surface area contributed by atoms with Gasteiger partial charge in [0.2, 0.25) is 5.95 Å². The molecule has 2 aromatic heterocycles. The number of nitrogens with zero attached hydrogens (tertiary/aromatic N) is 4. The molecule has 0 radical (unpaired) electrons. The zero-order chi connectivity index (χ0) is 18.5. The third kappa shape index (κ3) is 4.24. The second kappa shape index (κ2) is 8.16. The van der Waals surface area contributed by atoms with Gasteiger partial charge >= 0.3 is 0 Å². The van der Waals surface area contributed by atoms with Crippen LogP contribution in [0.2, 0.25) is 0 Å². The quantitative estimate of drug-likeness (QED) is 0.653. The van der Waals surface area contributed by atoms with Gasteiger partial charge in [0.15, 0.2) is 17.0 Å². The topological polar surface area (TPSA) is 84.9 Å². The van der Waals surface area contributed by atoms with E-state index < -0.39 is 0 Å². The lowest BCUT2D eigenvalue weighted by atomic mass is 10.1. The van der Waals surface area contributed by atoms with Crippen molar-refractivity contribution in [3.63, 3.8) is 0 Å². The Kier molecular flexibility index (Phi) is 5.27. The molecule has 0 aliphatic heterocycles. The first kappa shape index (κ1) is 17.5. The van der Waals surface area contributed by atoms with E-state index in [2.05, 4.69) is 25.6 Å².